The van der Waals surface area contributed by atoms with Crippen molar-refractivity contribution in [1.29, 1.82) is 0 Å². The van der Waals surface area contributed by atoms with Gasteiger partial charge in [-0.2, -0.15) is 0 Å². The van der Waals surface area contributed by atoms with E-state index < -0.39 is 6.04 Å². The maximum atomic E-state index is 13.3. The Balaban J connectivity index is 1.74. The van der Waals surface area contributed by atoms with Gasteiger partial charge in [0.1, 0.15) is 11.8 Å². The number of methoxy groups -OCH3 is 1. The molecule has 2 atom stereocenters. The number of hydrogen-bond acceptors (Lipinski definition) is 3. The van der Waals surface area contributed by atoms with E-state index in [-0.39, 0.29) is 17.7 Å². The van der Waals surface area contributed by atoms with Gasteiger partial charge in [0.05, 0.1) is 7.11 Å². The fourth-order valence-electron chi connectivity index (χ4n) is 3.59. The number of carbonyl (C=O) groups is 2. The molecular formula is C26H30N2O3. The van der Waals surface area contributed by atoms with Gasteiger partial charge >= 0.3 is 0 Å². The molecule has 0 spiro atoms. The van der Waals surface area contributed by atoms with E-state index in [2.05, 4.69) is 11.4 Å². The summed E-state index contributed by atoms with van der Waals surface area (Å²) in [4.78, 5) is 27.6. The summed E-state index contributed by atoms with van der Waals surface area (Å²) in [5.74, 6) is 0.519. The molecule has 31 heavy (non-hydrogen) atoms. The Morgan fingerprint density at radius 1 is 1.00 bits per heavy atom. The SMILES string of the molecule is CC[C@@H](C)[C@@H](NC(=O)c1ccccc1)C(=O)N(C)Cc1ccc2cc(OC)ccc2c1. The Labute approximate surface area is 184 Å². The van der Waals surface area contributed by atoms with Crippen LogP contribution >= 0.6 is 0 Å². The number of benzene rings is 3. The summed E-state index contributed by atoms with van der Waals surface area (Å²) >= 11 is 0. The smallest absolute Gasteiger partial charge is 0.251 e. The quantitative estimate of drug-likeness (QED) is 0.579. The van der Waals surface area contributed by atoms with Gasteiger partial charge in [-0.05, 0) is 52.6 Å². The van der Waals surface area contributed by atoms with Crippen LogP contribution in [0.3, 0.4) is 0 Å². The van der Waals surface area contributed by atoms with Crippen molar-refractivity contribution in [3.05, 3.63) is 77.9 Å². The maximum absolute atomic E-state index is 13.3. The van der Waals surface area contributed by atoms with Crippen molar-refractivity contribution in [2.75, 3.05) is 14.2 Å². The first-order chi connectivity index (χ1) is 14.9. The first-order valence-corrected chi connectivity index (χ1v) is 10.6. The molecule has 162 valence electrons. The fraction of sp³-hybridized carbons (Fsp3) is 0.308. The van der Waals surface area contributed by atoms with Crippen molar-refractivity contribution in [2.45, 2.75) is 32.9 Å². The Morgan fingerprint density at radius 2 is 1.68 bits per heavy atom. The normalized spacial score (nSPS) is 12.8. The second-order valence-electron chi connectivity index (χ2n) is 7.94. The van der Waals surface area contributed by atoms with Crippen LogP contribution in [0.1, 0.15) is 36.2 Å². The van der Waals surface area contributed by atoms with E-state index >= 15 is 0 Å². The number of carbonyl (C=O) groups excluding carboxylic acids is 2. The van der Waals surface area contributed by atoms with E-state index in [0.717, 1.165) is 28.5 Å². The van der Waals surface area contributed by atoms with Crippen molar-refractivity contribution < 1.29 is 14.3 Å². The first-order valence-electron chi connectivity index (χ1n) is 10.6. The molecule has 5 heteroatoms. The summed E-state index contributed by atoms with van der Waals surface area (Å²) in [5.41, 5.74) is 1.59. The van der Waals surface area contributed by atoms with Gasteiger partial charge in [0.25, 0.3) is 5.91 Å². The molecule has 5 nitrogen and oxygen atoms in total. The van der Waals surface area contributed by atoms with E-state index in [1.807, 2.05) is 62.4 Å². The van der Waals surface area contributed by atoms with Gasteiger partial charge in [-0.25, -0.2) is 0 Å². The number of rotatable bonds is 8. The minimum atomic E-state index is -0.576. The highest BCUT2D eigenvalue weighted by atomic mass is 16.5. The second kappa shape index (κ2) is 10.1. The topological polar surface area (TPSA) is 58.6 Å². The lowest BCUT2D eigenvalue weighted by Gasteiger charge is -2.28. The zero-order valence-electron chi connectivity index (χ0n) is 18.6. The molecule has 3 rings (SSSR count). The number of nitrogens with one attached hydrogen (secondary N) is 1. The maximum Gasteiger partial charge on any atom is 0.251 e. The summed E-state index contributed by atoms with van der Waals surface area (Å²) in [6, 6.07) is 20.5. The van der Waals surface area contributed by atoms with Gasteiger partial charge in [-0.3, -0.25) is 9.59 Å². The predicted molar refractivity (Wildman–Crippen MR) is 124 cm³/mol. The van der Waals surface area contributed by atoms with Crippen LogP contribution in [0.2, 0.25) is 0 Å². The standard InChI is InChI=1S/C26H30N2O3/c1-5-18(2)24(27-25(29)20-9-7-6-8-10-20)26(30)28(3)17-19-11-12-22-16-23(31-4)14-13-21(22)15-19/h6-16,18,24H,5,17H2,1-4H3,(H,27,29)/t18-,24-/m1/s1. The van der Waals surface area contributed by atoms with Crippen molar-refractivity contribution in [1.82, 2.24) is 10.2 Å². The molecule has 2 amide bonds. The molecule has 3 aromatic rings. The molecule has 0 saturated carbocycles. The Hall–Kier alpha value is -3.34. The number of ether oxygens (including phenoxy) is 1. The van der Waals surface area contributed by atoms with Gasteiger partial charge in [-0.15, -0.1) is 0 Å². The van der Waals surface area contributed by atoms with Gasteiger partial charge in [0.2, 0.25) is 5.91 Å². The van der Waals surface area contributed by atoms with Gasteiger partial charge in [-0.1, -0.05) is 56.7 Å². The van der Waals surface area contributed by atoms with E-state index in [1.165, 1.54) is 0 Å². The summed E-state index contributed by atoms with van der Waals surface area (Å²) in [6.07, 6.45) is 0.789. The molecule has 1 N–H and O–H groups in total. The van der Waals surface area contributed by atoms with Crippen LogP contribution in [0.5, 0.6) is 5.75 Å². The largest absolute Gasteiger partial charge is 0.497 e. The molecule has 0 aromatic heterocycles. The zero-order chi connectivity index (χ0) is 22.4. The van der Waals surface area contributed by atoms with Gasteiger partial charge in [0, 0.05) is 19.2 Å². The second-order valence-corrected chi connectivity index (χ2v) is 7.94. The molecule has 0 aliphatic heterocycles. The molecule has 0 heterocycles. The monoisotopic (exact) mass is 418 g/mol. The average molecular weight is 419 g/mol. The highest BCUT2D eigenvalue weighted by Gasteiger charge is 2.28. The minimum absolute atomic E-state index is 0.0201. The molecule has 0 saturated heterocycles. The van der Waals surface area contributed by atoms with Crippen molar-refractivity contribution >= 4 is 22.6 Å². The van der Waals surface area contributed by atoms with Crippen molar-refractivity contribution in [3.63, 3.8) is 0 Å². The summed E-state index contributed by atoms with van der Waals surface area (Å²) < 4.78 is 5.28. The minimum Gasteiger partial charge on any atom is -0.497 e. The Kier molecular flexibility index (Phi) is 7.29. The Bertz CT molecular complexity index is 1050. The number of amides is 2. The molecule has 0 unspecified atom stereocenters. The summed E-state index contributed by atoms with van der Waals surface area (Å²) in [7, 11) is 3.44. The summed E-state index contributed by atoms with van der Waals surface area (Å²) in [5, 5.41) is 5.13. The molecule has 0 aliphatic carbocycles. The molecule has 3 aromatic carbocycles. The number of hydrogen-bond donors (Lipinski definition) is 1. The van der Waals surface area contributed by atoms with Crippen LogP contribution in [-0.4, -0.2) is 36.9 Å². The van der Waals surface area contributed by atoms with Crippen LogP contribution < -0.4 is 10.1 Å². The van der Waals surface area contributed by atoms with Gasteiger partial charge < -0.3 is 15.0 Å². The average Bonchev–Trinajstić information content (AvgIpc) is 2.81. The molecular weight excluding hydrogens is 388 g/mol. The Morgan fingerprint density at radius 3 is 2.35 bits per heavy atom. The van der Waals surface area contributed by atoms with Crippen LogP contribution in [0.15, 0.2) is 66.7 Å². The molecule has 0 radical (unpaired) electrons. The number of fused-ring (bicyclic) bond motifs is 1. The lowest BCUT2D eigenvalue weighted by atomic mass is 9.97. The fourth-order valence-corrected chi connectivity index (χ4v) is 3.59. The third-order valence-corrected chi connectivity index (χ3v) is 5.71. The van der Waals surface area contributed by atoms with E-state index in [9.17, 15) is 9.59 Å². The molecule has 0 aliphatic rings. The van der Waals surface area contributed by atoms with E-state index in [1.54, 1.807) is 31.2 Å². The van der Waals surface area contributed by atoms with Crippen LogP contribution in [0.4, 0.5) is 0 Å². The lowest BCUT2D eigenvalue weighted by Crippen LogP contribution is -2.50. The third kappa shape index (κ3) is 5.43. The third-order valence-electron chi connectivity index (χ3n) is 5.71. The van der Waals surface area contributed by atoms with E-state index in [0.29, 0.717) is 12.1 Å². The summed E-state index contributed by atoms with van der Waals surface area (Å²) in [6.45, 7) is 4.48. The zero-order valence-corrected chi connectivity index (χ0v) is 18.6. The van der Waals surface area contributed by atoms with Crippen molar-refractivity contribution in [2.24, 2.45) is 5.92 Å². The predicted octanol–water partition coefficient (Wildman–Crippen LogP) is 4.65. The molecule has 0 bridgehead atoms. The lowest BCUT2D eigenvalue weighted by molar-refractivity contribution is -0.133. The number of nitrogens with zero attached hydrogens (tertiary/aromatic N) is 1. The van der Waals surface area contributed by atoms with Gasteiger partial charge in [0.15, 0.2) is 0 Å². The van der Waals surface area contributed by atoms with Crippen LogP contribution in [0.25, 0.3) is 10.8 Å². The van der Waals surface area contributed by atoms with E-state index in [4.69, 9.17) is 4.74 Å². The van der Waals surface area contributed by atoms with Crippen LogP contribution in [-0.2, 0) is 11.3 Å². The molecule has 0 fully saturated rings. The highest BCUT2D eigenvalue weighted by molar-refractivity contribution is 5.97. The highest BCUT2D eigenvalue weighted by Crippen LogP contribution is 2.22. The van der Waals surface area contributed by atoms with Crippen LogP contribution in [0, 0.1) is 5.92 Å². The first kappa shape index (κ1) is 22.3. The van der Waals surface area contributed by atoms with Crippen molar-refractivity contribution in [3.8, 4) is 5.75 Å². The number of likely N-dealkylation sites (N-methyl/N-ethyl adjacent to an activating group) is 1.